The number of hydrogen-bond acceptors (Lipinski definition) is 5. The maximum Gasteiger partial charge on any atom is 0.331 e. The van der Waals surface area contributed by atoms with Gasteiger partial charge in [0.25, 0.3) is 0 Å². The molecule has 0 aliphatic heterocycles. The van der Waals surface area contributed by atoms with E-state index in [0.29, 0.717) is 16.8 Å². The lowest BCUT2D eigenvalue weighted by molar-refractivity contribution is -0.149. The average molecular weight is 371 g/mol. The molecule has 144 valence electrons. The first-order valence-corrected chi connectivity index (χ1v) is 8.41. The van der Waals surface area contributed by atoms with Crippen molar-refractivity contribution in [3.63, 3.8) is 0 Å². The summed E-state index contributed by atoms with van der Waals surface area (Å²) in [5.74, 6) is -0.975. The summed E-state index contributed by atoms with van der Waals surface area (Å²) in [6.45, 7) is 10.7. The lowest BCUT2D eigenvalue weighted by atomic mass is 10.1. The first-order valence-electron chi connectivity index (χ1n) is 8.41. The number of rotatable bonds is 5. The van der Waals surface area contributed by atoms with Crippen LogP contribution < -0.4 is 0 Å². The Morgan fingerprint density at radius 3 is 1.96 bits per heavy atom. The van der Waals surface area contributed by atoms with Crippen LogP contribution in [0, 0.1) is 0 Å². The van der Waals surface area contributed by atoms with E-state index in [9.17, 15) is 9.59 Å². The minimum absolute atomic E-state index is 0.353. The van der Waals surface area contributed by atoms with Crippen LogP contribution in [0.4, 0.5) is 5.69 Å². The molecule has 0 atom stereocenters. The predicted molar refractivity (Wildman–Crippen MR) is 105 cm³/mol. The molecule has 0 amide bonds. The fourth-order valence-electron chi connectivity index (χ4n) is 1.94. The molecule has 0 saturated heterocycles. The van der Waals surface area contributed by atoms with Crippen molar-refractivity contribution in [2.45, 2.75) is 52.7 Å². The molecule has 1 aromatic rings. The van der Waals surface area contributed by atoms with Gasteiger partial charge in [0, 0.05) is 22.8 Å². The van der Waals surface area contributed by atoms with Gasteiger partial charge < -0.3 is 9.47 Å². The summed E-state index contributed by atoms with van der Waals surface area (Å²) in [7, 11) is 0. The number of carbonyl (C=O) groups is 2. The largest absolute Gasteiger partial charge is 0.457 e. The molecule has 0 bridgehead atoms. The van der Waals surface area contributed by atoms with Gasteiger partial charge in [-0.15, -0.1) is 0 Å². The molecule has 0 N–H and O–H groups in total. The van der Waals surface area contributed by atoms with Gasteiger partial charge in [-0.3, -0.25) is 0 Å². The second kappa shape index (κ2) is 9.05. The SMILES string of the molecule is CC(C)(C)OC(=O)/C=C/c1ccc(N=[N+]=[N-])c(/C=C/C(=O)OC(C)(C)C)c1. The molecule has 0 aliphatic rings. The molecule has 1 rings (SSSR count). The van der Waals surface area contributed by atoms with Crippen LogP contribution >= 0.6 is 0 Å². The zero-order valence-corrected chi connectivity index (χ0v) is 16.5. The highest BCUT2D eigenvalue weighted by molar-refractivity contribution is 5.90. The number of nitrogens with zero attached hydrogens (tertiary/aromatic N) is 3. The van der Waals surface area contributed by atoms with Crippen LogP contribution in [0.25, 0.3) is 22.6 Å². The van der Waals surface area contributed by atoms with Gasteiger partial charge in [-0.2, -0.15) is 0 Å². The highest BCUT2D eigenvalue weighted by Crippen LogP contribution is 2.23. The van der Waals surface area contributed by atoms with Crippen molar-refractivity contribution in [2.75, 3.05) is 0 Å². The third-order valence-electron chi connectivity index (χ3n) is 2.83. The molecule has 27 heavy (non-hydrogen) atoms. The molecular weight excluding hydrogens is 346 g/mol. The Bertz CT molecular complexity index is 805. The average Bonchev–Trinajstić information content (AvgIpc) is 2.49. The Morgan fingerprint density at radius 1 is 0.963 bits per heavy atom. The summed E-state index contributed by atoms with van der Waals surface area (Å²) in [5.41, 5.74) is 9.07. The van der Waals surface area contributed by atoms with Crippen LogP contribution in [0.2, 0.25) is 0 Å². The Hall–Kier alpha value is -3.05. The number of benzene rings is 1. The minimum Gasteiger partial charge on any atom is -0.457 e. The van der Waals surface area contributed by atoms with Crippen molar-refractivity contribution in [1.29, 1.82) is 0 Å². The smallest absolute Gasteiger partial charge is 0.331 e. The predicted octanol–water partition coefficient (Wildman–Crippen LogP) is 5.34. The monoisotopic (exact) mass is 371 g/mol. The first kappa shape index (κ1) is 22.0. The molecule has 0 radical (unpaired) electrons. The summed E-state index contributed by atoms with van der Waals surface area (Å²) in [5, 5.41) is 3.61. The van der Waals surface area contributed by atoms with Crippen molar-refractivity contribution in [3.05, 3.63) is 51.9 Å². The Morgan fingerprint density at radius 2 is 1.48 bits per heavy atom. The molecule has 0 spiro atoms. The second-order valence-electron chi connectivity index (χ2n) is 7.74. The molecule has 1 aromatic carbocycles. The van der Waals surface area contributed by atoms with E-state index in [4.69, 9.17) is 15.0 Å². The van der Waals surface area contributed by atoms with Crippen molar-refractivity contribution >= 4 is 29.8 Å². The van der Waals surface area contributed by atoms with Gasteiger partial charge in [0.05, 0.1) is 0 Å². The van der Waals surface area contributed by atoms with E-state index in [1.165, 1.54) is 18.2 Å². The molecule has 0 fully saturated rings. The normalized spacial score (nSPS) is 12.1. The molecule has 0 heterocycles. The van der Waals surface area contributed by atoms with E-state index >= 15 is 0 Å². The third-order valence-corrected chi connectivity index (χ3v) is 2.83. The standard InChI is InChI=1S/C20H25N3O4/c1-19(2,3)26-17(24)11-8-14-7-10-16(22-23-21)15(13-14)9-12-18(25)27-20(4,5)6/h7-13H,1-6H3/b11-8+,12-9+. The summed E-state index contributed by atoms with van der Waals surface area (Å²) >= 11 is 0. The van der Waals surface area contributed by atoms with Gasteiger partial charge in [0.2, 0.25) is 0 Å². The zero-order valence-electron chi connectivity index (χ0n) is 16.5. The summed E-state index contributed by atoms with van der Waals surface area (Å²) < 4.78 is 10.4. The second-order valence-corrected chi connectivity index (χ2v) is 7.74. The molecule has 0 unspecified atom stereocenters. The zero-order chi connectivity index (χ0) is 20.7. The van der Waals surface area contributed by atoms with Gasteiger partial charge in [0.1, 0.15) is 11.2 Å². The van der Waals surface area contributed by atoms with Crippen LogP contribution in [0.15, 0.2) is 35.5 Å². The molecule has 7 heteroatoms. The van der Waals surface area contributed by atoms with E-state index < -0.39 is 23.1 Å². The van der Waals surface area contributed by atoms with Crippen LogP contribution in [0.1, 0.15) is 52.7 Å². The maximum atomic E-state index is 11.8. The van der Waals surface area contributed by atoms with Crippen LogP contribution in [-0.4, -0.2) is 23.1 Å². The quantitative estimate of drug-likeness (QED) is 0.229. The number of azide groups is 1. The third kappa shape index (κ3) is 9.28. The lowest BCUT2D eigenvalue weighted by Crippen LogP contribution is -2.22. The van der Waals surface area contributed by atoms with Gasteiger partial charge in [-0.1, -0.05) is 17.2 Å². The Kier molecular flexibility index (Phi) is 7.37. The van der Waals surface area contributed by atoms with Gasteiger partial charge in [-0.25, -0.2) is 9.59 Å². The van der Waals surface area contributed by atoms with E-state index in [-0.39, 0.29) is 0 Å². The Labute approximate surface area is 159 Å². The maximum absolute atomic E-state index is 11.8. The van der Waals surface area contributed by atoms with Crippen LogP contribution in [0.3, 0.4) is 0 Å². The molecule has 7 nitrogen and oxygen atoms in total. The van der Waals surface area contributed by atoms with E-state index in [1.807, 2.05) is 0 Å². The van der Waals surface area contributed by atoms with Crippen molar-refractivity contribution in [3.8, 4) is 0 Å². The highest BCUT2D eigenvalue weighted by atomic mass is 16.6. The van der Waals surface area contributed by atoms with Gasteiger partial charge in [-0.05, 0) is 76.4 Å². The van der Waals surface area contributed by atoms with Gasteiger partial charge >= 0.3 is 11.9 Å². The Balaban J connectivity index is 3.05. The van der Waals surface area contributed by atoms with E-state index in [1.54, 1.807) is 65.8 Å². The number of carbonyl (C=O) groups excluding carboxylic acids is 2. The summed E-state index contributed by atoms with van der Waals surface area (Å²) in [6.07, 6.45) is 5.66. The molecular formula is C20H25N3O4. The topological polar surface area (TPSA) is 101 Å². The summed E-state index contributed by atoms with van der Waals surface area (Å²) in [6, 6.07) is 4.98. The van der Waals surface area contributed by atoms with E-state index in [2.05, 4.69) is 10.0 Å². The number of hydrogen-bond donors (Lipinski definition) is 0. The highest BCUT2D eigenvalue weighted by Gasteiger charge is 2.15. The lowest BCUT2D eigenvalue weighted by Gasteiger charge is -2.18. The number of esters is 2. The fourth-order valence-corrected chi connectivity index (χ4v) is 1.94. The number of ether oxygens (including phenoxy) is 2. The van der Waals surface area contributed by atoms with E-state index in [0.717, 1.165) is 0 Å². The van der Waals surface area contributed by atoms with Crippen LogP contribution in [-0.2, 0) is 19.1 Å². The van der Waals surface area contributed by atoms with Crippen molar-refractivity contribution in [1.82, 2.24) is 0 Å². The molecule has 0 aromatic heterocycles. The van der Waals surface area contributed by atoms with Crippen molar-refractivity contribution in [2.24, 2.45) is 5.11 Å². The van der Waals surface area contributed by atoms with Gasteiger partial charge in [0.15, 0.2) is 0 Å². The van der Waals surface area contributed by atoms with Crippen molar-refractivity contribution < 1.29 is 19.1 Å². The minimum atomic E-state index is -0.604. The van der Waals surface area contributed by atoms with Crippen LogP contribution in [0.5, 0.6) is 0 Å². The molecule has 0 aliphatic carbocycles. The first-order chi connectivity index (χ1) is 12.4. The summed E-state index contributed by atoms with van der Waals surface area (Å²) in [4.78, 5) is 26.4. The molecule has 0 saturated carbocycles. The fraction of sp³-hybridized carbons (Fsp3) is 0.400.